The molecule has 1 rings (SSSR count). The van der Waals surface area contributed by atoms with Gasteiger partial charge >= 0.3 is 0 Å². The summed E-state index contributed by atoms with van der Waals surface area (Å²) in [5.41, 5.74) is 2.35. The third kappa shape index (κ3) is 3.77. The van der Waals surface area contributed by atoms with Gasteiger partial charge in [-0.05, 0) is 19.4 Å². The lowest BCUT2D eigenvalue weighted by atomic mass is 10.0. The number of hydrogen-bond acceptors (Lipinski definition) is 1. The highest BCUT2D eigenvalue weighted by Gasteiger charge is 2.08. The summed E-state index contributed by atoms with van der Waals surface area (Å²) >= 11 is 0. The average Bonchev–Trinajstić information content (AvgIpc) is 2.34. The molecular weight excluding hydrogens is 208 g/mol. The minimum absolute atomic E-state index is 0.0346. The fraction of sp³-hybridized carbons (Fsp3) is 0.188. The van der Waals surface area contributed by atoms with E-state index in [0.717, 1.165) is 12.0 Å². The highest BCUT2D eigenvalue weighted by atomic mass is 16.1. The Hall–Kier alpha value is -2.07. The van der Waals surface area contributed by atoms with Gasteiger partial charge in [0.25, 0.3) is 0 Å². The molecule has 0 aliphatic rings. The summed E-state index contributed by atoms with van der Waals surface area (Å²) in [7, 11) is 0. The van der Waals surface area contributed by atoms with Gasteiger partial charge in [-0.15, -0.1) is 6.42 Å². The molecular formula is C16H16O. The molecule has 1 heteroatoms. The minimum atomic E-state index is -0.0346. The molecule has 0 atom stereocenters. The summed E-state index contributed by atoms with van der Waals surface area (Å²) in [4.78, 5) is 12.1. The number of hydrogen-bond donors (Lipinski definition) is 0. The summed E-state index contributed by atoms with van der Waals surface area (Å²) in [5.74, 6) is 2.37. The van der Waals surface area contributed by atoms with E-state index in [4.69, 9.17) is 6.42 Å². The summed E-state index contributed by atoms with van der Waals surface area (Å²) in [6.07, 6.45) is 11.3. The third-order valence-corrected chi connectivity index (χ3v) is 2.35. The first kappa shape index (κ1) is 13.0. The van der Waals surface area contributed by atoms with E-state index in [2.05, 4.69) is 5.92 Å². The number of aryl methyl sites for hydroxylation is 1. The van der Waals surface area contributed by atoms with Crippen LogP contribution in [0, 0.1) is 19.3 Å². The largest absolute Gasteiger partial charge is 0.289 e. The van der Waals surface area contributed by atoms with Gasteiger partial charge in [0.15, 0.2) is 5.78 Å². The zero-order valence-electron chi connectivity index (χ0n) is 10.2. The number of terminal acetylenes is 1. The Morgan fingerprint density at radius 3 is 2.53 bits per heavy atom. The van der Waals surface area contributed by atoms with Crippen molar-refractivity contribution >= 4 is 5.78 Å². The van der Waals surface area contributed by atoms with E-state index in [0.29, 0.717) is 11.1 Å². The van der Waals surface area contributed by atoms with Gasteiger partial charge in [-0.2, -0.15) is 0 Å². The van der Waals surface area contributed by atoms with Gasteiger partial charge in [0.1, 0.15) is 0 Å². The van der Waals surface area contributed by atoms with E-state index in [1.807, 2.05) is 44.2 Å². The smallest absolute Gasteiger partial charge is 0.193 e. The van der Waals surface area contributed by atoms with E-state index >= 15 is 0 Å². The minimum Gasteiger partial charge on any atom is -0.289 e. The number of carbonyl (C=O) groups is 1. The van der Waals surface area contributed by atoms with Crippen LogP contribution >= 0.6 is 0 Å². The average molecular weight is 224 g/mol. The maximum atomic E-state index is 12.1. The van der Waals surface area contributed by atoms with Crippen LogP contribution in [0.4, 0.5) is 0 Å². The van der Waals surface area contributed by atoms with Crippen molar-refractivity contribution in [2.45, 2.75) is 20.3 Å². The zero-order valence-corrected chi connectivity index (χ0v) is 10.2. The maximum absolute atomic E-state index is 12.1. The fourth-order valence-corrected chi connectivity index (χ4v) is 1.40. The number of ketones is 1. The summed E-state index contributed by atoms with van der Waals surface area (Å²) in [6.45, 7) is 4.00. The maximum Gasteiger partial charge on any atom is 0.193 e. The standard InChI is InChI=1S/C16H16O/c1-4-6-8-14(7-5-2)16(17)15-11-9-13(3)10-12-15/h2,6-12H,4H2,1,3H3/b8-6-,14-7+. The van der Waals surface area contributed by atoms with E-state index < -0.39 is 0 Å². The number of allylic oxidation sites excluding steroid dienone is 4. The van der Waals surface area contributed by atoms with Gasteiger partial charge in [-0.3, -0.25) is 4.79 Å². The lowest BCUT2D eigenvalue weighted by Crippen LogP contribution is -2.01. The lowest BCUT2D eigenvalue weighted by Gasteiger charge is -2.01. The molecule has 0 heterocycles. The van der Waals surface area contributed by atoms with Crippen molar-refractivity contribution in [3.05, 3.63) is 59.2 Å². The highest BCUT2D eigenvalue weighted by Crippen LogP contribution is 2.11. The van der Waals surface area contributed by atoms with Crippen LogP contribution in [0.1, 0.15) is 29.3 Å². The Balaban J connectivity index is 3.01. The monoisotopic (exact) mass is 224 g/mol. The Morgan fingerprint density at radius 1 is 1.35 bits per heavy atom. The van der Waals surface area contributed by atoms with E-state index in [1.165, 1.54) is 6.08 Å². The third-order valence-electron chi connectivity index (χ3n) is 2.35. The van der Waals surface area contributed by atoms with Gasteiger partial charge in [0.05, 0.1) is 0 Å². The molecule has 0 spiro atoms. The molecule has 0 saturated heterocycles. The Morgan fingerprint density at radius 2 is 2.00 bits per heavy atom. The Kier molecular flexibility index (Phi) is 4.97. The van der Waals surface area contributed by atoms with Crippen LogP contribution in [-0.4, -0.2) is 5.78 Å². The number of Topliss-reactive ketones (excluding diaryl/α,β-unsaturated/α-hetero) is 1. The molecule has 0 amide bonds. The van der Waals surface area contributed by atoms with Crippen molar-refractivity contribution in [3.8, 4) is 12.3 Å². The SMILES string of the molecule is C#C/C=C(\C=C/CC)C(=O)c1ccc(C)cc1. The molecule has 17 heavy (non-hydrogen) atoms. The van der Waals surface area contributed by atoms with Crippen LogP contribution in [0.5, 0.6) is 0 Å². The van der Waals surface area contributed by atoms with Crippen LogP contribution in [0.25, 0.3) is 0 Å². The van der Waals surface area contributed by atoms with Gasteiger partial charge < -0.3 is 0 Å². The number of rotatable bonds is 4. The molecule has 0 aliphatic carbocycles. The predicted molar refractivity (Wildman–Crippen MR) is 71.9 cm³/mol. The van der Waals surface area contributed by atoms with Crippen LogP contribution in [0.2, 0.25) is 0 Å². The number of carbonyl (C=O) groups excluding carboxylic acids is 1. The first-order chi connectivity index (χ1) is 8.19. The topological polar surface area (TPSA) is 17.1 Å². The molecule has 0 bridgehead atoms. The predicted octanol–water partition coefficient (Wildman–Crippen LogP) is 3.70. The van der Waals surface area contributed by atoms with Gasteiger partial charge in [0.2, 0.25) is 0 Å². The molecule has 1 nitrogen and oxygen atoms in total. The van der Waals surface area contributed by atoms with Crippen molar-refractivity contribution in [2.75, 3.05) is 0 Å². The van der Waals surface area contributed by atoms with E-state index in [1.54, 1.807) is 6.08 Å². The van der Waals surface area contributed by atoms with Crippen molar-refractivity contribution in [2.24, 2.45) is 0 Å². The molecule has 1 aromatic carbocycles. The first-order valence-electron chi connectivity index (χ1n) is 5.63. The van der Waals surface area contributed by atoms with Gasteiger partial charge in [-0.1, -0.05) is 54.8 Å². The molecule has 1 aromatic rings. The Labute approximate surface area is 103 Å². The lowest BCUT2D eigenvalue weighted by molar-refractivity contribution is 0.103. The Bertz CT molecular complexity index is 481. The molecule has 0 fully saturated rings. The second-order valence-corrected chi connectivity index (χ2v) is 3.77. The normalized spacial score (nSPS) is 11.5. The first-order valence-corrected chi connectivity index (χ1v) is 5.63. The van der Waals surface area contributed by atoms with Gasteiger partial charge in [-0.25, -0.2) is 0 Å². The van der Waals surface area contributed by atoms with Crippen LogP contribution in [0.15, 0.2) is 48.1 Å². The van der Waals surface area contributed by atoms with E-state index in [9.17, 15) is 4.79 Å². The summed E-state index contributed by atoms with van der Waals surface area (Å²) in [6, 6.07) is 7.48. The van der Waals surface area contributed by atoms with Crippen molar-refractivity contribution in [1.29, 1.82) is 0 Å². The molecule has 0 N–H and O–H groups in total. The van der Waals surface area contributed by atoms with Crippen LogP contribution < -0.4 is 0 Å². The molecule has 86 valence electrons. The molecule has 0 saturated carbocycles. The van der Waals surface area contributed by atoms with Crippen LogP contribution in [0.3, 0.4) is 0 Å². The molecule has 0 unspecified atom stereocenters. The van der Waals surface area contributed by atoms with Crippen molar-refractivity contribution in [3.63, 3.8) is 0 Å². The zero-order chi connectivity index (χ0) is 12.7. The molecule has 0 aliphatic heterocycles. The fourth-order valence-electron chi connectivity index (χ4n) is 1.40. The summed E-state index contributed by atoms with van der Waals surface area (Å²) < 4.78 is 0. The second kappa shape index (κ2) is 6.50. The quantitative estimate of drug-likeness (QED) is 0.330. The summed E-state index contributed by atoms with van der Waals surface area (Å²) in [5, 5.41) is 0. The van der Waals surface area contributed by atoms with E-state index in [-0.39, 0.29) is 5.78 Å². The second-order valence-electron chi connectivity index (χ2n) is 3.77. The van der Waals surface area contributed by atoms with Gasteiger partial charge in [0, 0.05) is 11.1 Å². The highest BCUT2D eigenvalue weighted by molar-refractivity contribution is 6.10. The van der Waals surface area contributed by atoms with Crippen LogP contribution in [-0.2, 0) is 0 Å². The van der Waals surface area contributed by atoms with Crippen molar-refractivity contribution in [1.82, 2.24) is 0 Å². The molecule has 0 aromatic heterocycles. The number of benzene rings is 1. The van der Waals surface area contributed by atoms with Crippen molar-refractivity contribution < 1.29 is 4.79 Å². The molecule has 0 radical (unpaired) electrons.